The molecule has 30 heavy (non-hydrogen) atoms. The third-order valence-corrected chi connectivity index (χ3v) is 4.72. The van der Waals surface area contributed by atoms with Crippen LogP contribution in [0.2, 0.25) is 0 Å². The van der Waals surface area contributed by atoms with Gasteiger partial charge >= 0.3 is 11.9 Å². The van der Waals surface area contributed by atoms with Crippen molar-refractivity contribution >= 4 is 23.2 Å². The summed E-state index contributed by atoms with van der Waals surface area (Å²) in [6, 6.07) is 22.1. The Hall–Kier alpha value is -4.19. The van der Waals surface area contributed by atoms with Crippen molar-refractivity contribution in [1.82, 2.24) is 4.40 Å². The maximum atomic E-state index is 13.0. The highest BCUT2D eigenvalue weighted by molar-refractivity contribution is 6.16. The van der Waals surface area contributed by atoms with Crippen LogP contribution in [0.3, 0.4) is 0 Å². The monoisotopic (exact) mass is 399 g/mol. The van der Waals surface area contributed by atoms with Crippen LogP contribution in [-0.4, -0.2) is 27.2 Å². The van der Waals surface area contributed by atoms with Gasteiger partial charge in [0.05, 0.1) is 11.1 Å². The summed E-state index contributed by atoms with van der Waals surface area (Å²) in [5.41, 5.74) is 1.50. The number of hydrogen-bond acceptors (Lipinski definition) is 4. The lowest BCUT2D eigenvalue weighted by Gasteiger charge is -2.08. The topological polar surface area (TPSA) is 85.1 Å². The van der Waals surface area contributed by atoms with Crippen molar-refractivity contribution in [1.29, 1.82) is 0 Å². The Morgan fingerprint density at radius 3 is 2.17 bits per heavy atom. The zero-order chi connectivity index (χ0) is 21.1. The van der Waals surface area contributed by atoms with Gasteiger partial charge in [-0.3, -0.25) is 4.79 Å². The molecule has 4 aromatic rings. The number of pyridine rings is 1. The fraction of sp³-hybridized carbons (Fsp3) is 0.0417. The summed E-state index contributed by atoms with van der Waals surface area (Å²) in [5.74, 6) is -2.24. The van der Waals surface area contributed by atoms with Gasteiger partial charge in [-0.2, -0.15) is 0 Å². The molecule has 0 unspecified atom stereocenters. The first-order valence-electron chi connectivity index (χ1n) is 9.24. The lowest BCUT2D eigenvalue weighted by Crippen LogP contribution is -2.10. The molecule has 6 heteroatoms. The molecule has 0 bridgehead atoms. The Morgan fingerprint density at radius 1 is 0.833 bits per heavy atom. The Labute approximate surface area is 172 Å². The average Bonchev–Trinajstić information content (AvgIpc) is 3.18. The van der Waals surface area contributed by atoms with E-state index >= 15 is 0 Å². The van der Waals surface area contributed by atoms with E-state index in [0.717, 1.165) is 5.56 Å². The molecule has 1 N–H and O–H groups in total. The number of benzene rings is 2. The third kappa shape index (κ3) is 3.58. The van der Waals surface area contributed by atoms with Crippen molar-refractivity contribution in [2.75, 3.05) is 0 Å². The molecule has 0 saturated carbocycles. The van der Waals surface area contributed by atoms with Crippen LogP contribution in [0.15, 0.2) is 85.1 Å². The second-order valence-corrected chi connectivity index (χ2v) is 6.65. The quantitative estimate of drug-likeness (QED) is 0.387. The number of nitrogens with zero attached hydrogens (tertiary/aromatic N) is 1. The highest BCUT2D eigenvalue weighted by Gasteiger charge is 2.24. The van der Waals surface area contributed by atoms with Crippen LogP contribution in [0, 0.1) is 0 Å². The Kier molecular flexibility index (Phi) is 5.13. The van der Waals surface area contributed by atoms with Crippen LogP contribution in [-0.2, 0) is 11.3 Å². The van der Waals surface area contributed by atoms with Gasteiger partial charge in [-0.25, -0.2) is 9.59 Å². The Bertz CT molecular complexity index is 1240. The van der Waals surface area contributed by atoms with Crippen LogP contribution in [0.25, 0.3) is 5.52 Å². The number of rotatable bonds is 6. The fourth-order valence-electron chi connectivity index (χ4n) is 3.30. The normalized spacial score (nSPS) is 10.7. The minimum atomic E-state index is -1.23. The Balaban J connectivity index is 1.76. The maximum absolute atomic E-state index is 13.0. The zero-order valence-electron chi connectivity index (χ0n) is 15.8. The summed E-state index contributed by atoms with van der Waals surface area (Å²) in [7, 11) is 0. The first-order chi connectivity index (χ1) is 14.6. The summed E-state index contributed by atoms with van der Waals surface area (Å²) >= 11 is 0. The van der Waals surface area contributed by atoms with Crippen LogP contribution >= 0.6 is 0 Å². The molecule has 0 aliphatic carbocycles. The van der Waals surface area contributed by atoms with Crippen molar-refractivity contribution in [3.05, 3.63) is 113 Å². The molecule has 0 radical (unpaired) electrons. The molecule has 0 spiro atoms. The van der Waals surface area contributed by atoms with E-state index in [0.29, 0.717) is 5.56 Å². The number of aromatic nitrogens is 1. The number of carboxylic acid groups (broad SMARTS) is 1. The van der Waals surface area contributed by atoms with Crippen molar-refractivity contribution in [3.8, 4) is 0 Å². The molecular formula is C24H17NO5. The Morgan fingerprint density at radius 2 is 1.50 bits per heavy atom. The predicted octanol–water partition coefficient (Wildman–Crippen LogP) is 4.23. The van der Waals surface area contributed by atoms with Crippen molar-refractivity contribution in [2.45, 2.75) is 6.61 Å². The SMILES string of the molecule is O=C(O)c1cc(C(=O)OCc2ccccc2)n2cccc(C(=O)c3ccccc3)c12. The summed E-state index contributed by atoms with van der Waals surface area (Å²) < 4.78 is 6.76. The molecule has 148 valence electrons. The standard InChI is InChI=1S/C24H17NO5/c26-22(17-10-5-2-6-11-17)18-12-7-13-25-20(14-19(21(18)25)23(27)28)24(29)30-15-16-8-3-1-4-9-16/h1-14H,15H2,(H,27,28). The first-order valence-corrected chi connectivity index (χ1v) is 9.24. The van der Waals surface area contributed by atoms with Gasteiger partial charge in [-0.15, -0.1) is 0 Å². The van der Waals surface area contributed by atoms with E-state index in [1.165, 1.54) is 10.5 Å². The number of esters is 1. The number of ketones is 1. The lowest BCUT2D eigenvalue weighted by molar-refractivity contribution is 0.0464. The molecule has 2 aromatic heterocycles. The van der Waals surface area contributed by atoms with E-state index in [4.69, 9.17) is 4.74 Å². The van der Waals surface area contributed by atoms with E-state index in [-0.39, 0.29) is 34.7 Å². The van der Waals surface area contributed by atoms with Gasteiger partial charge in [0.25, 0.3) is 0 Å². The average molecular weight is 399 g/mol. The molecular weight excluding hydrogens is 382 g/mol. The minimum absolute atomic E-state index is 0.0426. The largest absolute Gasteiger partial charge is 0.478 e. The lowest BCUT2D eigenvalue weighted by atomic mass is 10.0. The van der Waals surface area contributed by atoms with Crippen molar-refractivity contribution < 1.29 is 24.2 Å². The summed E-state index contributed by atoms with van der Waals surface area (Å²) in [4.78, 5) is 37.6. The van der Waals surface area contributed by atoms with Crippen LogP contribution in [0.1, 0.15) is 42.3 Å². The van der Waals surface area contributed by atoms with E-state index in [9.17, 15) is 19.5 Å². The number of ether oxygens (including phenoxy) is 1. The smallest absolute Gasteiger partial charge is 0.355 e. The number of carboxylic acids is 1. The number of aromatic carboxylic acids is 1. The van der Waals surface area contributed by atoms with Gasteiger partial charge in [0.15, 0.2) is 5.78 Å². The number of hydrogen-bond donors (Lipinski definition) is 1. The summed E-state index contributed by atoms with van der Waals surface area (Å²) in [6.07, 6.45) is 1.54. The highest BCUT2D eigenvalue weighted by Crippen LogP contribution is 2.24. The molecule has 0 fully saturated rings. The molecule has 4 rings (SSSR count). The van der Waals surface area contributed by atoms with Gasteiger partial charge in [0.2, 0.25) is 0 Å². The van der Waals surface area contributed by atoms with E-state index in [1.54, 1.807) is 48.7 Å². The van der Waals surface area contributed by atoms with Crippen molar-refractivity contribution in [2.24, 2.45) is 0 Å². The van der Waals surface area contributed by atoms with E-state index in [1.807, 2.05) is 30.3 Å². The number of fused-ring (bicyclic) bond motifs is 1. The predicted molar refractivity (Wildman–Crippen MR) is 110 cm³/mol. The maximum Gasteiger partial charge on any atom is 0.355 e. The number of carbonyl (C=O) groups excluding carboxylic acids is 2. The van der Waals surface area contributed by atoms with Gasteiger partial charge in [0.1, 0.15) is 12.3 Å². The summed E-state index contributed by atoms with van der Waals surface area (Å²) in [6.45, 7) is 0.0535. The second-order valence-electron chi connectivity index (χ2n) is 6.65. The van der Waals surface area contributed by atoms with Crippen LogP contribution in [0.4, 0.5) is 0 Å². The molecule has 6 nitrogen and oxygen atoms in total. The van der Waals surface area contributed by atoms with E-state index < -0.39 is 11.9 Å². The van der Waals surface area contributed by atoms with Gasteiger partial charge in [0, 0.05) is 17.3 Å². The second kappa shape index (κ2) is 8.05. The molecule has 0 atom stereocenters. The van der Waals surface area contributed by atoms with Gasteiger partial charge in [-0.1, -0.05) is 60.7 Å². The first kappa shape index (κ1) is 19.1. The van der Waals surface area contributed by atoms with Crippen molar-refractivity contribution in [3.63, 3.8) is 0 Å². The zero-order valence-corrected chi connectivity index (χ0v) is 15.8. The third-order valence-electron chi connectivity index (χ3n) is 4.72. The minimum Gasteiger partial charge on any atom is -0.478 e. The fourth-order valence-corrected chi connectivity index (χ4v) is 3.30. The molecule has 2 heterocycles. The van der Waals surface area contributed by atoms with Gasteiger partial charge < -0.3 is 14.2 Å². The summed E-state index contributed by atoms with van der Waals surface area (Å²) in [5, 5.41) is 9.69. The van der Waals surface area contributed by atoms with Crippen LogP contribution < -0.4 is 0 Å². The van der Waals surface area contributed by atoms with Gasteiger partial charge in [-0.05, 0) is 23.8 Å². The molecule has 0 aliphatic rings. The molecule has 0 aliphatic heterocycles. The van der Waals surface area contributed by atoms with Crippen LogP contribution in [0.5, 0.6) is 0 Å². The molecule has 0 saturated heterocycles. The molecule has 0 amide bonds. The number of carbonyl (C=O) groups is 3. The highest BCUT2D eigenvalue weighted by atomic mass is 16.5. The van der Waals surface area contributed by atoms with E-state index in [2.05, 4.69) is 0 Å². The molecule has 2 aromatic carbocycles.